The Morgan fingerprint density at radius 2 is 1.79 bits per heavy atom. The van der Waals surface area contributed by atoms with Crippen molar-refractivity contribution in [3.05, 3.63) is 71.9 Å². The molecule has 1 amide bonds. The van der Waals surface area contributed by atoms with Crippen LogP contribution >= 0.6 is 0 Å². The number of hydrogen-bond acceptors (Lipinski definition) is 7. The van der Waals surface area contributed by atoms with Crippen LogP contribution in [0, 0.1) is 0 Å². The van der Waals surface area contributed by atoms with Gasteiger partial charge in [-0.15, -0.1) is 0 Å². The minimum absolute atomic E-state index is 0.0549. The predicted octanol–water partition coefficient (Wildman–Crippen LogP) is 4.79. The molecule has 0 unspecified atom stereocenters. The molecule has 15 heteroatoms. The molecule has 0 saturated carbocycles. The van der Waals surface area contributed by atoms with Crippen LogP contribution in [0.2, 0.25) is 0 Å². The van der Waals surface area contributed by atoms with Gasteiger partial charge in [-0.2, -0.15) is 26.3 Å². The Balaban J connectivity index is 1.48. The Bertz CT molecular complexity index is 1660. The number of carbonyl (C=O) groups excluding carboxylic acids is 2. The summed E-state index contributed by atoms with van der Waals surface area (Å²) in [5.74, 6) is -1.13. The van der Waals surface area contributed by atoms with Gasteiger partial charge in [-0.05, 0) is 44.0 Å². The first kappa shape index (κ1) is 29.0. The molecule has 3 aromatic heterocycles. The van der Waals surface area contributed by atoms with Crippen molar-refractivity contribution >= 4 is 28.8 Å². The molecule has 1 fully saturated rings. The monoisotopic (exact) mass is 591 g/mol. The quantitative estimate of drug-likeness (QED) is 0.285. The van der Waals surface area contributed by atoms with E-state index in [1.807, 2.05) is 0 Å². The molecule has 4 N–H and O–H groups in total. The highest BCUT2D eigenvalue weighted by atomic mass is 19.4. The van der Waals surface area contributed by atoms with Crippen LogP contribution in [0.15, 0.2) is 55.0 Å². The number of piperidine rings is 1. The first-order chi connectivity index (χ1) is 19.7. The molecule has 0 radical (unpaired) electrons. The summed E-state index contributed by atoms with van der Waals surface area (Å²) in [5, 5.41) is 4.77. The molecule has 1 aromatic carbocycles. The van der Waals surface area contributed by atoms with Crippen LogP contribution in [0.25, 0.3) is 16.8 Å². The molecular weight excluding hydrogens is 568 g/mol. The molecule has 4 aromatic rings. The maximum atomic E-state index is 13.3. The van der Waals surface area contributed by atoms with E-state index in [-0.39, 0.29) is 53.9 Å². The van der Waals surface area contributed by atoms with E-state index < -0.39 is 35.3 Å². The van der Waals surface area contributed by atoms with Gasteiger partial charge < -0.3 is 16.4 Å². The maximum Gasteiger partial charge on any atom is 0.416 e. The van der Waals surface area contributed by atoms with Gasteiger partial charge in [0, 0.05) is 36.3 Å². The van der Waals surface area contributed by atoms with Crippen LogP contribution in [0.1, 0.15) is 41.5 Å². The Kier molecular flexibility index (Phi) is 7.17. The third-order valence-corrected chi connectivity index (χ3v) is 7.34. The number of Topliss-reactive ketones (excluding diaryl/α,β-unsaturated/α-hetero) is 1. The number of amides is 1. The zero-order valence-electron chi connectivity index (χ0n) is 21.8. The van der Waals surface area contributed by atoms with Gasteiger partial charge >= 0.3 is 12.4 Å². The molecule has 1 aliphatic rings. The van der Waals surface area contributed by atoms with Crippen molar-refractivity contribution in [2.45, 2.75) is 43.6 Å². The Hall–Kier alpha value is -4.53. The molecule has 9 nitrogen and oxygen atoms in total. The number of halogens is 6. The first-order valence-electron chi connectivity index (χ1n) is 12.6. The highest BCUT2D eigenvalue weighted by Crippen LogP contribution is 2.40. The number of benzene rings is 1. The minimum atomic E-state index is -4.61. The van der Waals surface area contributed by atoms with E-state index in [0.29, 0.717) is 17.1 Å². The van der Waals surface area contributed by atoms with Crippen molar-refractivity contribution in [1.29, 1.82) is 0 Å². The second kappa shape index (κ2) is 10.4. The number of rotatable bonds is 5. The summed E-state index contributed by atoms with van der Waals surface area (Å²) in [6.07, 6.45) is -5.69. The molecule has 220 valence electrons. The number of aromatic nitrogens is 4. The summed E-state index contributed by atoms with van der Waals surface area (Å²) in [6.45, 7) is 1.00. The lowest BCUT2D eigenvalue weighted by Crippen LogP contribution is -2.57. The van der Waals surface area contributed by atoms with Gasteiger partial charge in [-0.25, -0.2) is 15.0 Å². The summed E-state index contributed by atoms with van der Waals surface area (Å²) in [4.78, 5) is 38.2. The number of carbonyl (C=O) groups is 2. The molecule has 5 rings (SSSR count). The van der Waals surface area contributed by atoms with Crippen molar-refractivity contribution < 1.29 is 35.9 Å². The zero-order valence-corrected chi connectivity index (χ0v) is 21.8. The minimum Gasteiger partial charge on any atom is -0.382 e. The summed E-state index contributed by atoms with van der Waals surface area (Å²) in [6, 6.07) is 5.59. The Morgan fingerprint density at radius 1 is 1.07 bits per heavy atom. The van der Waals surface area contributed by atoms with Gasteiger partial charge in [0.15, 0.2) is 0 Å². The highest BCUT2D eigenvalue weighted by Gasteiger charge is 2.50. The second-order valence-corrected chi connectivity index (χ2v) is 9.93. The van der Waals surface area contributed by atoms with E-state index in [1.165, 1.54) is 48.0 Å². The van der Waals surface area contributed by atoms with Crippen LogP contribution in [-0.2, 0) is 16.4 Å². The number of anilines is 2. The fraction of sp³-hybridized carbons (Fsp3) is 0.296. The number of pyridine rings is 1. The lowest BCUT2D eigenvalue weighted by molar-refractivity contribution is -0.164. The zero-order chi connectivity index (χ0) is 30.4. The number of nitrogens with two attached hydrogens (primary N) is 1. The predicted molar refractivity (Wildman–Crippen MR) is 139 cm³/mol. The number of nitrogens with one attached hydrogen (secondary N) is 2. The lowest BCUT2D eigenvalue weighted by atomic mass is 9.74. The maximum absolute atomic E-state index is 13.3. The Labute approximate surface area is 234 Å². The van der Waals surface area contributed by atoms with Crippen molar-refractivity contribution in [3.8, 4) is 11.3 Å². The largest absolute Gasteiger partial charge is 0.416 e. The van der Waals surface area contributed by atoms with Crippen LogP contribution in [0.3, 0.4) is 0 Å². The fourth-order valence-electron chi connectivity index (χ4n) is 5.05. The normalized spacial score (nSPS) is 19.5. The van der Waals surface area contributed by atoms with Gasteiger partial charge in [0.25, 0.3) is 5.91 Å². The van der Waals surface area contributed by atoms with Crippen molar-refractivity contribution in [2.24, 2.45) is 0 Å². The van der Waals surface area contributed by atoms with E-state index in [2.05, 4.69) is 25.6 Å². The van der Waals surface area contributed by atoms with E-state index in [4.69, 9.17) is 5.73 Å². The topological polar surface area (TPSA) is 127 Å². The summed E-state index contributed by atoms with van der Waals surface area (Å²) < 4.78 is 80.5. The van der Waals surface area contributed by atoms with E-state index >= 15 is 0 Å². The lowest BCUT2D eigenvalue weighted by Gasteiger charge is -2.38. The summed E-state index contributed by atoms with van der Waals surface area (Å²) in [5.41, 5.74) is 4.96. The van der Waals surface area contributed by atoms with Gasteiger partial charge in [0.05, 0.1) is 11.0 Å². The molecule has 0 bridgehead atoms. The second-order valence-electron chi connectivity index (χ2n) is 9.93. The fourth-order valence-corrected chi connectivity index (χ4v) is 5.05. The van der Waals surface area contributed by atoms with Crippen molar-refractivity contribution in [2.75, 3.05) is 17.6 Å². The average molecular weight is 592 g/mol. The van der Waals surface area contributed by atoms with Crippen molar-refractivity contribution in [1.82, 2.24) is 24.7 Å². The molecule has 0 spiro atoms. The number of fused-ring (bicyclic) bond motifs is 1. The first-order valence-corrected chi connectivity index (χ1v) is 12.6. The molecule has 4 heterocycles. The van der Waals surface area contributed by atoms with Crippen LogP contribution in [0.5, 0.6) is 0 Å². The average Bonchev–Trinajstić information content (AvgIpc) is 3.34. The van der Waals surface area contributed by atoms with Crippen LogP contribution < -0.4 is 16.4 Å². The molecule has 1 aliphatic heterocycles. The molecule has 42 heavy (non-hydrogen) atoms. The van der Waals surface area contributed by atoms with E-state index in [9.17, 15) is 35.9 Å². The molecule has 0 aliphatic carbocycles. The van der Waals surface area contributed by atoms with Crippen LogP contribution in [-0.4, -0.2) is 49.8 Å². The van der Waals surface area contributed by atoms with E-state index in [0.717, 1.165) is 12.3 Å². The van der Waals surface area contributed by atoms with Gasteiger partial charge in [-0.3, -0.25) is 14.0 Å². The highest BCUT2D eigenvalue weighted by molar-refractivity contribution is 6.04. The third-order valence-electron chi connectivity index (χ3n) is 7.34. The number of alkyl halides is 6. The number of nitrogen functional groups attached to an aromatic ring is 1. The van der Waals surface area contributed by atoms with Crippen LogP contribution in [0.4, 0.5) is 38.0 Å². The third kappa shape index (κ3) is 5.26. The van der Waals surface area contributed by atoms with E-state index in [1.54, 1.807) is 0 Å². The standard InChI is InChI=1S/C27H23F6N7O2/c1-14(41)25(8-6-18(37-13-25)27(31,32)33)24-39-20(21-22(34)36-10-11-40(21)24)15-2-4-16(5-3-15)23(42)38-19-12-17(7-9-35-19)26(28,29)30/h2-5,7,9-12,18,37H,6,8,13H2,1H3,(H2,34,36)(H,35,38,42)/t18-,25-/m1/s1. The van der Waals surface area contributed by atoms with Crippen molar-refractivity contribution in [3.63, 3.8) is 0 Å². The molecular formula is C27H23F6N7O2. The molecule has 2 atom stereocenters. The van der Waals surface area contributed by atoms with Gasteiger partial charge in [0.1, 0.15) is 40.5 Å². The Morgan fingerprint density at radius 3 is 2.38 bits per heavy atom. The van der Waals surface area contributed by atoms with Gasteiger partial charge in [0.2, 0.25) is 0 Å². The summed E-state index contributed by atoms with van der Waals surface area (Å²) >= 11 is 0. The number of nitrogens with zero attached hydrogens (tertiary/aromatic N) is 4. The SMILES string of the molecule is CC(=O)[C@@]1(c2nc(-c3ccc(C(=O)Nc4cc(C(F)(F)F)ccn4)cc3)c3c(N)nccn23)CC[C@H](C(F)(F)F)NC1. The number of imidazole rings is 1. The summed E-state index contributed by atoms with van der Waals surface area (Å²) in [7, 11) is 0. The number of hydrogen-bond donors (Lipinski definition) is 3. The van der Waals surface area contributed by atoms with Gasteiger partial charge in [-0.1, -0.05) is 12.1 Å². The molecule has 1 saturated heterocycles. The number of ketones is 1. The smallest absolute Gasteiger partial charge is 0.382 e.